The van der Waals surface area contributed by atoms with Crippen LogP contribution in [0.2, 0.25) is 0 Å². The van der Waals surface area contributed by atoms with Gasteiger partial charge in [0.2, 0.25) is 5.75 Å². The second kappa shape index (κ2) is 6.49. The zero-order chi connectivity index (χ0) is 19.1. The van der Waals surface area contributed by atoms with Gasteiger partial charge in [0.1, 0.15) is 23.1 Å². The van der Waals surface area contributed by atoms with Gasteiger partial charge in [-0.3, -0.25) is 14.2 Å². The molecule has 2 aromatic rings. The molecule has 1 amide bonds. The van der Waals surface area contributed by atoms with Crippen molar-refractivity contribution in [1.29, 1.82) is 0 Å². The van der Waals surface area contributed by atoms with Crippen molar-refractivity contribution in [3.63, 3.8) is 0 Å². The summed E-state index contributed by atoms with van der Waals surface area (Å²) in [5.41, 5.74) is -2.08. The van der Waals surface area contributed by atoms with Crippen molar-refractivity contribution in [2.24, 2.45) is 0 Å². The zero-order valence-electron chi connectivity index (χ0n) is 14.2. The molecule has 0 bridgehead atoms. The molecule has 1 aliphatic heterocycles. The van der Waals surface area contributed by atoms with Gasteiger partial charge in [-0.15, -0.1) is 0 Å². The van der Waals surface area contributed by atoms with Crippen molar-refractivity contribution >= 4 is 5.91 Å². The van der Waals surface area contributed by atoms with E-state index < -0.39 is 40.1 Å². The number of carbonyl (C=O) groups excluding carboxylic acids is 1. The molecular formula is C17H17F2N3O4. The second-order valence-corrected chi connectivity index (χ2v) is 6.37. The molecule has 0 saturated heterocycles. The number of ether oxygens (including phenoxy) is 1. The summed E-state index contributed by atoms with van der Waals surface area (Å²) >= 11 is 0. The normalized spacial score (nSPS) is 15.4. The van der Waals surface area contributed by atoms with Gasteiger partial charge in [-0.05, 0) is 19.9 Å². The van der Waals surface area contributed by atoms with Gasteiger partial charge in [-0.25, -0.2) is 13.8 Å². The predicted molar refractivity (Wildman–Crippen MR) is 86.7 cm³/mol. The third-order valence-electron chi connectivity index (χ3n) is 4.13. The van der Waals surface area contributed by atoms with Crippen LogP contribution in [0.15, 0.2) is 23.0 Å². The van der Waals surface area contributed by atoms with Crippen LogP contribution in [0.5, 0.6) is 5.75 Å². The Morgan fingerprint density at radius 2 is 2.15 bits per heavy atom. The van der Waals surface area contributed by atoms with Gasteiger partial charge in [0.05, 0.1) is 13.2 Å². The Kier molecular flexibility index (Phi) is 4.49. The summed E-state index contributed by atoms with van der Waals surface area (Å²) in [6.45, 7) is 3.61. The van der Waals surface area contributed by atoms with Gasteiger partial charge in [-0.2, -0.15) is 0 Å². The van der Waals surface area contributed by atoms with Gasteiger partial charge in [0, 0.05) is 18.2 Å². The van der Waals surface area contributed by atoms with Crippen LogP contribution in [0.1, 0.15) is 35.7 Å². The standard InChI is InChI=1S/C17H17F2N3O4/c1-17(2)16-21-12(13(23)15(25)22(16)5-6-26-17)14(24)20-8-9-3-4-10(18)7-11(9)19/h3-4,7,23H,5-6,8H2,1-2H3,(H,20,24). The van der Waals surface area contributed by atoms with Crippen LogP contribution >= 0.6 is 0 Å². The Balaban J connectivity index is 1.90. The van der Waals surface area contributed by atoms with E-state index in [0.29, 0.717) is 6.07 Å². The maximum Gasteiger partial charge on any atom is 0.296 e. The van der Waals surface area contributed by atoms with Gasteiger partial charge in [-0.1, -0.05) is 6.07 Å². The molecule has 9 heteroatoms. The number of rotatable bonds is 3. The maximum absolute atomic E-state index is 13.6. The van der Waals surface area contributed by atoms with Gasteiger partial charge in [0.15, 0.2) is 5.69 Å². The Hall–Kier alpha value is -2.81. The number of amides is 1. The molecule has 1 aliphatic rings. The molecular weight excluding hydrogens is 348 g/mol. The van der Waals surface area contributed by atoms with Gasteiger partial charge >= 0.3 is 0 Å². The molecule has 0 fully saturated rings. The van der Waals surface area contributed by atoms with E-state index in [1.807, 2.05) is 0 Å². The molecule has 2 heterocycles. The number of hydrogen-bond acceptors (Lipinski definition) is 5. The number of aromatic nitrogens is 2. The van der Waals surface area contributed by atoms with Crippen LogP contribution in [0.4, 0.5) is 8.78 Å². The number of benzene rings is 1. The first-order valence-corrected chi connectivity index (χ1v) is 7.91. The number of fused-ring (bicyclic) bond motifs is 1. The molecule has 0 saturated carbocycles. The number of aromatic hydroxyl groups is 1. The highest BCUT2D eigenvalue weighted by molar-refractivity contribution is 5.94. The lowest BCUT2D eigenvalue weighted by atomic mass is 10.1. The second-order valence-electron chi connectivity index (χ2n) is 6.37. The smallest absolute Gasteiger partial charge is 0.296 e. The van der Waals surface area contributed by atoms with Crippen LogP contribution in [-0.2, 0) is 23.4 Å². The summed E-state index contributed by atoms with van der Waals surface area (Å²) in [6.07, 6.45) is 0. The first-order chi connectivity index (χ1) is 12.2. The van der Waals surface area contributed by atoms with Gasteiger partial charge < -0.3 is 15.2 Å². The van der Waals surface area contributed by atoms with E-state index in [1.54, 1.807) is 13.8 Å². The Morgan fingerprint density at radius 1 is 1.42 bits per heavy atom. The molecule has 2 N–H and O–H groups in total. The number of hydrogen-bond donors (Lipinski definition) is 2. The minimum Gasteiger partial charge on any atom is -0.501 e. The summed E-state index contributed by atoms with van der Waals surface area (Å²) in [5.74, 6) is -2.98. The predicted octanol–water partition coefficient (Wildman–Crippen LogP) is 1.42. The quantitative estimate of drug-likeness (QED) is 0.858. The van der Waals surface area contributed by atoms with Crippen LogP contribution in [-0.4, -0.2) is 27.2 Å². The van der Waals surface area contributed by atoms with Crippen molar-refractivity contribution in [2.45, 2.75) is 32.5 Å². The first kappa shape index (κ1) is 18.0. The Labute approximate surface area is 147 Å². The highest BCUT2D eigenvalue weighted by Gasteiger charge is 2.34. The number of halogens is 2. The molecule has 7 nitrogen and oxygen atoms in total. The SMILES string of the molecule is CC1(C)OCCn2c1nc(C(=O)NCc1ccc(F)cc1F)c(O)c2=O. The average Bonchev–Trinajstić information content (AvgIpc) is 2.57. The lowest BCUT2D eigenvalue weighted by Gasteiger charge is -2.32. The fourth-order valence-corrected chi connectivity index (χ4v) is 2.75. The minimum absolute atomic E-state index is 0.0533. The number of nitrogens with zero attached hydrogens (tertiary/aromatic N) is 2. The molecule has 26 heavy (non-hydrogen) atoms. The molecule has 0 radical (unpaired) electrons. The monoisotopic (exact) mass is 365 g/mol. The molecule has 3 rings (SSSR count). The van der Waals surface area contributed by atoms with E-state index >= 15 is 0 Å². The molecule has 0 spiro atoms. The van der Waals surface area contributed by atoms with E-state index in [-0.39, 0.29) is 31.1 Å². The lowest BCUT2D eigenvalue weighted by Crippen LogP contribution is -2.42. The third-order valence-corrected chi connectivity index (χ3v) is 4.13. The average molecular weight is 365 g/mol. The van der Waals surface area contributed by atoms with Gasteiger partial charge in [0.25, 0.3) is 11.5 Å². The molecule has 138 valence electrons. The summed E-state index contributed by atoms with van der Waals surface area (Å²) < 4.78 is 33.4. The van der Waals surface area contributed by atoms with E-state index in [1.165, 1.54) is 10.6 Å². The highest BCUT2D eigenvalue weighted by atomic mass is 19.1. The Bertz CT molecular complexity index is 940. The van der Waals surface area contributed by atoms with E-state index in [4.69, 9.17) is 4.74 Å². The van der Waals surface area contributed by atoms with Crippen LogP contribution in [0.25, 0.3) is 0 Å². The third kappa shape index (κ3) is 3.17. The molecule has 1 aromatic heterocycles. The van der Waals surface area contributed by atoms with E-state index in [9.17, 15) is 23.5 Å². The Morgan fingerprint density at radius 3 is 2.85 bits per heavy atom. The van der Waals surface area contributed by atoms with Crippen molar-refractivity contribution < 1.29 is 23.4 Å². The number of carbonyl (C=O) groups is 1. The van der Waals surface area contributed by atoms with Crippen molar-refractivity contribution in [3.05, 3.63) is 57.3 Å². The number of nitrogens with one attached hydrogen (secondary N) is 1. The fourth-order valence-electron chi connectivity index (χ4n) is 2.75. The van der Waals surface area contributed by atoms with Crippen LogP contribution in [0, 0.1) is 11.6 Å². The summed E-state index contributed by atoms with van der Waals surface area (Å²) in [4.78, 5) is 28.8. The van der Waals surface area contributed by atoms with E-state index in [2.05, 4.69) is 10.3 Å². The minimum atomic E-state index is -0.913. The summed E-state index contributed by atoms with van der Waals surface area (Å²) in [7, 11) is 0. The lowest BCUT2D eigenvalue weighted by molar-refractivity contribution is -0.0566. The highest BCUT2D eigenvalue weighted by Crippen LogP contribution is 2.27. The largest absolute Gasteiger partial charge is 0.501 e. The topological polar surface area (TPSA) is 93.5 Å². The van der Waals surface area contributed by atoms with Crippen LogP contribution in [0.3, 0.4) is 0 Å². The van der Waals surface area contributed by atoms with Crippen molar-refractivity contribution in [3.8, 4) is 5.75 Å². The van der Waals surface area contributed by atoms with Crippen LogP contribution < -0.4 is 10.9 Å². The molecule has 1 aromatic carbocycles. The maximum atomic E-state index is 13.6. The first-order valence-electron chi connectivity index (χ1n) is 7.91. The molecule has 0 aliphatic carbocycles. The molecule has 0 unspecified atom stereocenters. The fraction of sp³-hybridized carbons (Fsp3) is 0.353. The molecule has 0 atom stereocenters. The van der Waals surface area contributed by atoms with E-state index in [0.717, 1.165) is 6.07 Å². The summed E-state index contributed by atoms with van der Waals surface area (Å²) in [6, 6.07) is 2.95. The zero-order valence-corrected chi connectivity index (χ0v) is 14.2. The van der Waals surface area contributed by atoms with Crippen molar-refractivity contribution in [2.75, 3.05) is 6.61 Å². The van der Waals surface area contributed by atoms with Crippen molar-refractivity contribution in [1.82, 2.24) is 14.9 Å². The summed E-state index contributed by atoms with van der Waals surface area (Å²) in [5, 5.41) is 12.4.